The number of hydrogen-bond donors (Lipinski definition) is 2. The molecule has 0 aromatic carbocycles. The molecule has 0 radical (unpaired) electrons. The van der Waals surface area contributed by atoms with Gasteiger partial charge < -0.3 is 10.6 Å². The lowest BCUT2D eigenvalue weighted by molar-refractivity contribution is -0.124. The maximum absolute atomic E-state index is 11.5. The monoisotopic (exact) mass is 210 g/mol. The van der Waals surface area contributed by atoms with Crippen molar-refractivity contribution >= 4 is 5.91 Å². The first-order valence-corrected chi connectivity index (χ1v) is 5.04. The van der Waals surface area contributed by atoms with Crippen molar-refractivity contribution in [3.63, 3.8) is 0 Å². The molecule has 1 aromatic heterocycles. The maximum atomic E-state index is 11.5. The van der Waals surface area contributed by atoms with Crippen molar-refractivity contribution in [1.82, 2.24) is 20.4 Å². The lowest BCUT2D eigenvalue weighted by Gasteiger charge is -2.10. The van der Waals surface area contributed by atoms with Gasteiger partial charge in [0.15, 0.2) is 0 Å². The summed E-state index contributed by atoms with van der Waals surface area (Å²) >= 11 is 0. The van der Waals surface area contributed by atoms with E-state index in [4.69, 9.17) is 0 Å². The number of rotatable bonds is 5. The second-order valence-corrected chi connectivity index (χ2v) is 3.66. The lowest BCUT2D eigenvalue weighted by atomic mass is 10.1. The molecule has 0 aliphatic carbocycles. The molecule has 0 aliphatic rings. The molecule has 1 rings (SSSR count). The van der Waals surface area contributed by atoms with Crippen LogP contribution in [-0.4, -0.2) is 29.3 Å². The molecule has 1 unspecified atom stereocenters. The SMILES string of the molecule is CNCC(C)C(=O)NCc1ccn(C)n1. The Balaban J connectivity index is 2.34. The number of aromatic nitrogens is 2. The standard InChI is InChI=1S/C10H18N4O/c1-8(6-11-2)10(15)12-7-9-4-5-14(3)13-9/h4-5,8,11H,6-7H2,1-3H3,(H,12,15). The van der Waals surface area contributed by atoms with Gasteiger partial charge >= 0.3 is 0 Å². The van der Waals surface area contributed by atoms with Crippen LogP contribution in [0.1, 0.15) is 12.6 Å². The zero-order chi connectivity index (χ0) is 11.3. The predicted octanol–water partition coefficient (Wildman–Crippen LogP) is -0.108. The first-order chi connectivity index (χ1) is 7.13. The van der Waals surface area contributed by atoms with Crippen molar-refractivity contribution in [2.75, 3.05) is 13.6 Å². The molecule has 0 bridgehead atoms. The number of amides is 1. The molecule has 1 atom stereocenters. The minimum atomic E-state index is -0.0151. The van der Waals surface area contributed by atoms with Gasteiger partial charge in [0.1, 0.15) is 0 Å². The summed E-state index contributed by atoms with van der Waals surface area (Å²) in [4.78, 5) is 11.5. The molecule has 0 aliphatic heterocycles. The smallest absolute Gasteiger partial charge is 0.224 e. The van der Waals surface area contributed by atoms with E-state index in [-0.39, 0.29) is 11.8 Å². The van der Waals surface area contributed by atoms with Crippen LogP contribution in [0.25, 0.3) is 0 Å². The minimum Gasteiger partial charge on any atom is -0.350 e. The minimum absolute atomic E-state index is 0.0151. The molecule has 0 saturated carbocycles. The summed E-state index contributed by atoms with van der Waals surface area (Å²) in [5, 5.41) is 9.99. The highest BCUT2D eigenvalue weighted by Gasteiger charge is 2.11. The summed E-state index contributed by atoms with van der Waals surface area (Å²) in [6.07, 6.45) is 1.86. The molecular weight excluding hydrogens is 192 g/mol. The average Bonchev–Trinajstić information content (AvgIpc) is 2.61. The van der Waals surface area contributed by atoms with E-state index < -0.39 is 0 Å². The predicted molar refractivity (Wildman–Crippen MR) is 58.1 cm³/mol. The zero-order valence-electron chi connectivity index (χ0n) is 9.45. The van der Waals surface area contributed by atoms with Gasteiger partial charge in [-0.3, -0.25) is 9.48 Å². The van der Waals surface area contributed by atoms with Crippen molar-refractivity contribution in [2.45, 2.75) is 13.5 Å². The van der Waals surface area contributed by atoms with Gasteiger partial charge in [0.2, 0.25) is 5.91 Å². The Morgan fingerprint density at radius 3 is 2.93 bits per heavy atom. The molecule has 2 N–H and O–H groups in total. The Bertz CT molecular complexity index is 321. The summed E-state index contributed by atoms with van der Waals surface area (Å²) in [5.41, 5.74) is 0.877. The quantitative estimate of drug-likeness (QED) is 0.713. The fourth-order valence-electron chi connectivity index (χ4n) is 1.31. The molecular formula is C10H18N4O. The van der Waals surface area contributed by atoms with Gasteiger partial charge in [-0.15, -0.1) is 0 Å². The van der Waals surface area contributed by atoms with E-state index in [1.165, 1.54) is 0 Å². The molecule has 5 nitrogen and oxygen atoms in total. The van der Waals surface area contributed by atoms with Crippen LogP contribution in [0.5, 0.6) is 0 Å². The second kappa shape index (κ2) is 5.50. The summed E-state index contributed by atoms with van der Waals surface area (Å²) in [7, 11) is 3.69. The molecule has 1 heterocycles. The Hall–Kier alpha value is -1.36. The highest BCUT2D eigenvalue weighted by Crippen LogP contribution is 1.96. The van der Waals surface area contributed by atoms with Crippen LogP contribution in [0.3, 0.4) is 0 Å². The van der Waals surface area contributed by atoms with Crippen LogP contribution in [-0.2, 0) is 18.4 Å². The Labute approximate surface area is 89.9 Å². The molecule has 84 valence electrons. The highest BCUT2D eigenvalue weighted by molar-refractivity contribution is 5.78. The third kappa shape index (κ3) is 3.71. The van der Waals surface area contributed by atoms with E-state index in [1.54, 1.807) is 4.68 Å². The van der Waals surface area contributed by atoms with Crippen molar-refractivity contribution in [2.24, 2.45) is 13.0 Å². The largest absolute Gasteiger partial charge is 0.350 e. The van der Waals surface area contributed by atoms with E-state index in [2.05, 4.69) is 15.7 Å². The summed E-state index contributed by atoms with van der Waals surface area (Å²) in [5.74, 6) is 0.0358. The normalized spacial score (nSPS) is 12.5. The number of nitrogens with zero attached hydrogens (tertiary/aromatic N) is 2. The van der Waals surface area contributed by atoms with E-state index in [0.29, 0.717) is 13.1 Å². The average molecular weight is 210 g/mol. The van der Waals surface area contributed by atoms with Crippen LogP contribution in [0.2, 0.25) is 0 Å². The van der Waals surface area contributed by atoms with Crippen molar-refractivity contribution in [1.29, 1.82) is 0 Å². The van der Waals surface area contributed by atoms with Crippen LogP contribution in [0.4, 0.5) is 0 Å². The molecule has 1 aromatic rings. The number of hydrogen-bond acceptors (Lipinski definition) is 3. The lowest BCUT2D eigenvalue weighted by Crippen LogP contribution is -2.34. The van der Waals surface area contributed by atoms with Crippen LogP contribution in [0.15, 0.2) is 12.3 Å². The Morgan fingerprint density at radius 2 is 2.40 bits per heavy atom. The second-order valence-electron chi connectivity index (χ2n) is 3.66. The van der Waals surface area contributed by atoms with Gasteiger partial charge in [0, 0.05) is 25.7 Å². The topological polar surface area (TPSA) is 59.0 Å². The first kappa shape index (κ1) is 11.7. The molecule has 0 saturated heterocycles. The fraction of sp³-hybridized carbons (Fsp3) is 0.600. The molecule has 1 amide bonds. The van der Waals surface area contributed by atoms with E-state index >= 15 is 0 Å². The summed E-state index contributed by atoms with van der Waals surface area (Å²) < 4.78 is 1.72. The Kier molecular flexibility index (Phi) is 4.30. The molecule has 5 heteroatoms. The van der Waals surface area contributed by atoms with Gasteiger partial charge in [-0.2, -0.15) is 5.10 Å². The van der Waals surface area contributed by atoms with Crippen molar-refractivity contribution in [3.05, 3.63) is 18.0 Å². The number of aryl methyl sites for hydroxylation is 1. The van der Waals surface area contributed by atoms with E-state index in [1.807, 2.05) is 33.3 Å². The number of carbonyl (C=O) groups is 1. The maximum Gasteiger partial charge on any atom is 0.224 e. The van der Waals surface area contributed by atoms with E-state index in [0.717, 1.165) is 5.69 Å². The van der Waals surface area contributed by atoms with Crippen molar-refractivity contribution in [3.8, 4) is 0 Å². The summed E-state index contributed by atoms with van der Waals surface area (Å²) in [6, 6.07) is 1.89. The number of nitrogens with one attached hydrogen (secondary N) is 2. The van der Waals surface area contributed by atoms with E-state index in [9.17, 15) is 4.79 Å². The van der Waals surface area contributed by atoms with Crippen molar-refractivity contribution < 1.29 is 4.79 Å². The van der Waals surface area contributed by atoms with Gasteiger partial charge in [-0.05, 0) is 13.1 Å². The van der Waals surface area contributed by atoms with Gasteiger partial charge in [-0.25, -0.2) is 0 Å². The molecule has 0 fully saturated rings. The zero-order valence-corrected chi connectivity index (χ0v) is 9.45. The van der Waals surface area contributed by atoms with Gasteiger partial charge in [0.05, 0.1) is 12.2 Å². The van der Waals surface area contributed by atoms with Crippen LogP contribution >= 0.6 is 0 Å². The van der Waals surface area contributed by atoms with Crippen LogP contribution in [0, 0.1) is 5.92 Å². The fourth-order valence-corrected chi connectivity index (χ4v) is 1.31. The molecule has 15 heavy (non-hydrogen) atoms. The number of carbonyl (C=O) groups excluding carboxylic acids is 1. The first-order valence-electron chi connectivity index (χ1n) is 5.04. The third-order valence-electron chi connectivity index (χ3n) is 2.17. The van der Waals surface area contributed by atoms with Gasteiger partial charge in [0.25, 0.3) is 0 Å². The third-order valence-corrected chi connectivity index (χ3v) is 2.17. The van der Waals surface area contributed by atoms with Crippen LogP contribution < -0.4 is 10.6 Å². The van der Waals surface area contributed by atoms with Gasteiger partial charge in [-0.1, -0.05) is 6.92 Å². The molecule has 0 spiro atoms. The summed E-state index contributed by atoms with van der Waals surface area (Å²) in [6.45, 7) is 3.08. The Morgan fingerprint density at radius 1 is 1.67 bits per heavy atom. The highest BCUT2D eigenvalue weighted by atomic mass is 16.1.